The van der Waals surface area contributed by atoms with E-state index in [4.69, 9.17) is 4.74 Å². The lowest BCUT2D eigenvalue weighted by Crippen LogP contribution is -2.10. The van der Waals surface area contributed by atoms with E-state index in [1.54, 1.807) is 0 Å². The number of fused-ring (bicyclic) bond motifs is 2. The van der Waals surface area contributed by atoms with Crippen LogP contribution in [0.4, 0.5) is 0 Å². The Morgan fingerprint density at radius 1 is 1.60 bits per heavy atom. The van der Waals surface area contributed by atoms with Crippen molar-refractivity contribution in [1.82, 2.24) is 5.32 Å². The maximum absolute atomic E-state index is 5.34. The van der Waals surface area contributed by atoms with Crippen molar-refractivity contribution in [2.45, 2.75) is 6.42 Å². The van der Waals surface area contributed by atoms with Crippen LogP contribution in [0.5, 0.6) is 0 Å². The van der Waals surface area contributed by atoms with E-state index in [-0.39, 0.29) is 0 Å². The van der Waals surface area contributed by atoms with Crippen molar-refractivity contribution in [3.8, 4) is 0 Å². The Kier molecular flexibility index (Phi) is 0.670. The molecule has 0 radical (unpaired) electrons. The molecule has 0 aromatic carbocycles. The van der Waals surface area contributed by atoms with Crippen LogP contribution in [0.2, 0.25) is 0 Å². The molecule has 2 aliphatic carbocycles. The van der Waals surface area contributed by atoms with Gasteiger partial charge in [-0.15, -0.1) is 0 Å². The van der Waals surface area contributed by atoms with Gasteiger partial charge in [0.05, 0.1) is 5.70 Å². The summed E-state index contributed by atoms with van der Waals surface area (Å²) in [5, 5.41) is 3.26. The quantitative estimate of drug-likeness (QED) is 0.534. The molecular formula is C8H9NO. The summed E-state index contributed by atoms with van der Waals surface area (Å²) in [6.45, 7) is 0.679. The highest BCUT2D eigenvalue weighted by Gasteiger charge is 2.43. The summed E-state index contributed by atoms with van der Waals surface area (Å²) in [5.41, 5.74) is 1.35. The van der Waals surface area contributed by atoms with E-state index in [2.05, 4.69) is 17.5 Å². The Morgan fingerprint density at radius 2 is 2.60 bits per heavy atom. The van der Waals surface area contributed by atoms with Crippen LogP contribution in [0, 0.1) is 11.8 Å². The number of rotatable bonds is 0. The summed E-state index contributed by atoms with van der Waals surface area (Å²) < 4.78 is 5.34. The van der Waals surface area contributed by atoms with Crippen molar-refractivity contribution in [3.63, 3.8) is 0 Å². The molecule has 0 amide bonds. The molecule has 1 saturated carbocycles. The topological polar surface area (TPSA) is 21.3 Å². The predicted molar refractivity (Wildman–Crippen MR) is 36.9 cm³/mol. The van der Waals surface area contributed by atoms with Gasteiger partial charge in [-0.05, 0) is 18.4 Å². The van der Waals surface area contributed by atoms with Crippen LogP contribution >= 0.6 is 0 Å². The third kappa shape index (κ3) is 0.451. The summed E-state index contributed by atoms with van der Waals surface area (Å²) >= 11 is 0. The third-order valence-electron chi connectivity index (χ3n) is 2.46. The molecule has 0 bridgehead atoms. The zero-order valence-electron chi connectivity index (χ0n) is 5.63. The fourth-order valence-electron chi connectivity index (χ4n) is 1.78. The Morgan fingerprint density at radius 3 is 3.60 bits per heavy atom. The normalized spacial score (nSPS) is 40.0. The number of nitrogens with one attached hydrogen (secondary N) is 1. The summed E-state index contributed by atoms with van der Waals surface area (Å²) in [6.07, 6.45) is 5.69. The Bertz CT molecular complexity index is 242. The van der Waals surface area contributed by atoms with Crippen molar-refractivity contribution in [2.24, 2.45) is 11.8 Å². The molecule has 1 N–H and O–H groups in total. The molecular weight excluding hydrogens is 126 g/mol. The van der Waals surface area contributed by atoms with Gasteiger partial charge in [0, 0.05) is 5.92 Å². The van der Waals surface area contributed by atoms with Gasteiger partial charge in [-0.3, -0.25) is 0 Å². The highest BCUT2D eigenvalue weighted by molar-refractivity contribution is 5.35. The molecule has 2 atom stereocenters. The molecule has 0 aromatic rings. The summed E-state index contributed by atoms with van der Waals surface area (Å²) in [4.78, 5) is 0. The lowest BCUT2D eigenvalue weighted by atomic mass is 10.1. The first-order valence-electron chi connectivity index (χ1n) is 3.74. The van der Waals surface area contributed by atoms with E-state index in [9.17, 15) is 0 Å². The van der Waals surface area contributed by atoms with Crippen LogP contribution in [0.3, 0.4) is 0 Å². The Labute approximate surface area is 59.6 Å². The van der Waals surface area contributed by atoms with Crippen molar-refractivity contribution in [3.05, 3.63) is 23.6 Å². The van der Waals surface area contributed by atoms with Gasteiger partial charge in [0.25, 0.3) is 0 Å². The third-order valence-corrected chi connectivity index (χ3v) is 2.46. The smallest absolute Gasteiger partial charge is 0.159 e. The van der Waals surface area contributed by atoms with E-state index >= 15 is 0 Å². The average Bonchev–Trinajstić information content (AvgIpc) is 2.60. The first kappa shape index (κ1) is 4.83. The van der Waals surface area contributed by atoms with Gasteiger partial charge < -0.3 is 10.1 Å². The largest absolute Gasteiger partial charge is 0.472 e. The van der Waals surface area contributed by atoms with Crippen LogP contribution in [0.15, 0.2) is 23.6 Å². The average molecular weight is 135 g/mol. The van der Waals surface area contributed by atoms with E-state index in [0.717, 1.165) is 17.6 Å². The second-order valence-electron chi connectivity index (χ2n) is 3.11. The van der Waals surface area contributed by atoms with E-state index < -0.39 is 0 Å². The minimum absolute atomic E-state index is 0.679. The molecule has 2 unspecified atom stereocenters. The van der Waals surface area contributed by atoms with Gasteiger partial charge in [-0.25, -0.2) is 0 Å². The minimum atomic E-state index is 0.679. The maximum Gasteiger partial charge on any atom is 0.159 e. The molecule has 1 heterocycles. The molecule has 3 rings (SSSR count). The van der Waals surface area contributed by atoms with Crippen LogP contribution in [0.25, 0.3) is 0 Å². The molecule has 10 heavy (non-hydrogen) atoms. The number of hydrogen-bond acceptors (Lipinski definition) is 2. The van der Waals surface area contributed by atoms with Crippen molar-refractivity contribution >= 4 is 0 Å². The molecule has 1 aliphatic heterocycles. The lowest BCUT2D eigenvalue weighted by Gasteiger charge is -2.03. The van der Waals surface area contributed by atoms with E-state index in [1.165, 1.54) is 12.1 Å². The molecule has 3 aliphatic rings. The molecule has 2 heteroatoms. The van der Waals surface area contributed by atoms with Crippen molar-refractivity contribution in [1.29, 1.82) is 0 Å². The molecule has 0 saturated heterocycles. The Balaban J connectivity index is 2.07. The summed E-state index contributed by atoms with van der Waals surface area (Å²) in [7, 11) is 0. The second-order valence-corrected chi connectivity index (χ2v) is 3.11. The summed E-state index contributed by atoms with van der Waals surface area (Å²) in [6, 6.07) is 0. The molecule has 52 valence electrons. The fourth-order valence-corrected chi connectivity index (χ4v) is 1.78. The SMILES string of the molecule is C1=CC2CC2C2=C1OCN2. The van der Waals surface area contributed by atoms with Gasteiger partial charge in [0.2, 0.25) is 0 Å². The van der Waals surface area contributed by atoms with Crippen LogP contribution in [-0.2, 0) is 4.74 Å². The van der Waals surface area contributed by atoms with E-state index in [0.29, 0.717) is 6.73 Å². The number of allylic oxidation sites excluding steroid dienone is 3. The first-order valence-corrected chi connectivity index (χ1v) is 3.74. The highest BCUT2D eigenvalue weighted by atomic mass is 16.5. The van der Waals surface area contributed by atoms with Crippen LogP contribution in [-0.4, -0.2) is 6.73 Å². The lowest BCUT2D eigenvalue weighted by molar-refractivity contribution is 0.244. The zero-order valence-corrected chi connectivity index (χ0v) is 5.63. The monoisotopic (exact) mass is 135 g/mol. The first-order chi connectivity index (χ1) is 4.95. The zero-order chi connectivity index (χ0) is 6.55. The predicted octanol–water partition coefficient (Wildman–Crippen LogP) is 0.981. The van der Waals surface area contributed by atoms with Gasteiger partial charge >= 0.3 is 0 Å². The standard InChI is InChI=1S/C8H9NO/c1-2-7-8(9-4-10-7)6-3-5(1)6/h1-2,5-6,9H,3-4H2. The summed E-state index contributed by atoms with van der Waals surface area (Å²) in [5.74, 6) is 2.69. The van der Waals surface area contributed by atoms with Crippen LogP contribution < -0.4 is 5.32 Å². The Hall–Kier alpha value is -0.920. The van der Waals surface area contributed by atoms with E-state index in [1.807, 2.05) is 0 Å². The van der Waals surface area contributed by atoms with Crippen molar-refractivity contribution < 1.29 is 4.74 Å². The number of ether oxygens (including phenoxy) is 1. The fraction of sp³-hybridized carbons (Fsp3) is 0.500. The molecule has 1 fully saturated rings. The highest BCUT2D eigenvalue weighted by Crippen LogP contribution is 2.49. The maximum atomic E-state index is 5.34. The minimum Gasteiger partial charge on any atom is -0.472 e. The second kappa shape index (κ2) is 1.39. The van der Waals surface area contributed by atoms with Gasteiger partial charge in [-0.1, -0.05) is 6.08 Å². The molecule has 0 spiro atoms. The van der Waals surface area contributed by atoms with Crippen LogP contribution in [0.1, 0.15) is 6.42 Å². The molecule has 2 nitrogen and oxygen atoms in total. The van der Waals surface area contributed by atoms with Gasteiger partial charge in [-0.2, -0.15) is 0 Å². The number of hydrogen-bond donors (Lipinski definition) is 1. The van der Waals surface area contributed by atoms with Gasteiger partial charge in [0.15, 0.2) is 6.73 Å². The van der Waals surface area contributed by atoms with Crippen molar-refractivity contribution in [2.75, 3.05) is 6.73 Å². The molecule has 0 aromatic heterocycles. The van der Waals surface area contributed by atoms with Gasteiger partial charge in [0.1, 0.15) is 5.76 Å².